The smallest absolute Gasteiger partial charge is 0.191 e. The second-order valence-corrected chi connectivity index (χ2v) is 7.73. The molecule has 0 unspecified atom stereocenters. The Morgan fingerprint density at radius 1 is 0.939 bits per heavy atom. The highest BCUT2D eigenvalue weighted by Gasteiger charge is 2.08. The summed E-state index contributed by atoms with van der Waals surface area (Å²) in [5.74, 6) is 1.67. The van der Waals surface area contributed by atoms with Crippen LogP contribution in [0.1, 0.15) is 30.5 Å². The van der Waals surface area contributed by atoms with E-state index in [1.807, 2.05) is 35.1 Å². The van der Waals surface area contributed by atoms with Gasteiger partial charge in [-0.2, -0.15) is 5.10 Å². The normalized spacial score (nSPS) is 11.6. The summed E-state index contributed by atoms with van der Waals surface area (Å²) < 4.78 is 8.02. The molecule has 7 nitrogen and oxygen atoms in total. The van der Waals surface area contributed by atoms with Crippen LogP contribution in [-0.4, -0.2) is 53.9 Å². The zero-order chi connectivity index (χ0) is 23.3. The molecule has 0 radical (unpaired) electrons. The summed E-state index contributed by atoms with van der Waals surface area (Å²) in [5.41, 5.74) is 3.56. The third-order valence-electron chi connectivity index (χ3n) is 5.66. The first-order chi connectivity index (χ1) is 16.2. The minimum absolute atomic E-state index is 0.635. The lowest BCUT2D eigenvalue weighted by atomic mass is 10.1. The summed E-state index contributed by atoms with van der Waals surface area (Å²) in [5, 5.41) is 11.2. The van der Waals surface area contributed by atoms with E-state index in [0.717, 1.165) is 43.5 Å². The Kier molecular flexibility index (Phi) is 9.79. The van der Waals surface area contributed by atoms with Crippen LogP contribution in [0.2, 0.25) is 0 Å². The molecule has 2 aromatic carbocycles. The monoisotopic (exact) mass is 448 g/mol. The van der Waals surface area contributed by atoms with Gasteiger partial charge in [0.25, 0.3) is 0 Å². The number of hydrogen-bond acceptors (Lipinski definition) is 4. The van der Waals surface area contributed by atoms with Crippen LogP contribution in [0.5, 0.6) is 5.75 Å². The van der Waals surface area contributed by atoms with E-state index in [4.69, 9.17) is 4.74 Å². The van der Waals surface area contributed by atoms with E-state index in [1.54, 1.807) is 13.2 Å². The van der Waals surface area contributed by atoms with Crippen LogP contribution in [0.4, 0.5) is 0 Å². The standard InChI is InChI=1S/C26H36N6O/c1-4-31(5-2)17-18-33-25-14-9-8-12-23(25)20-29-26(27-3)28-19-22-11-6-7-13-24(22)21-32-16-10-15-30-32/h6-16H,4-5,17-21H2,1-3H3,(H2,27,28,29). The molecule has 176 valence electrons. The first-order valence-corrected chi connectivity index (χ1v) is 11.6. The number of para-hydroxylation sites is 1. The Morgan fingerprint density at radius 3 is 2.27 bits per heavy atom. The van der Waals surface area contributed by atoms with Gasteiger partial charge in [0.05, 0.1) is 6.54 Å². The van der Waals surface area contributed by atoms with Gasteiger partial charge in [0, 0.05) is 44.6 Å². The highest BCUT2D eigenvalue weighted by atomic mass is 16.5. The quantitative estimate of drug-likeness (QED) is 0.328. The molecule has 0 saturated carbocycles. The average Bonchev–Trinajstić information content (AvgIpc) is 3.37. The fraction of sp³-hybridized carbons (Fsp3) is 0.385. The minimum atomic E-state index is 0.635. The molecule has 0 fully saturated rings. The number of likely N-dealkylation sites (N-methyl/N-ethyl adjacent to an activating group) is 1. The highest BCUT2D eigenvalue weighted by Crippen LogP contribution is 2.17. The third-order valence-corrected chi connectivity index (χ3v) is 5.66. The van der Waals surface area contributed by atoms with E-state index >= 15 is 0 Å². The van der Waals surface area contributed by atoms with Gasteiger partial charge >= 0.3 is 0 Å². The number of nitrogens with zero attached hydrogens (tertiary/aromatic N) is 4. The molecule has 2 N–H and O–H groups in total. The second-order valence-electron chi connectivity index (χ2n) is 7.73. The van der Waals surface area contributed by atoms with Crippen LogP contribution in [0, 0.1) is 0 Å². The first-order valence-electron chi connectivity index (χ1n) is 11.6. The van der Waals surface area contributed by atoms with E-state index in [0.29, 0.717) is 19.7 Å². The Bertz CT molecular complexity index is 982. The molecule has 1 aromatic heterocycles. The summed E-state index contributed by atoms with van der Waals surface area (Å²) in [6.45, 7) is 10.1. The maximum atomic E-state index is 6.08. The van der Waals surface area contributed by atoms with Gasteiger partial charge < -0.3 is 20.3 Å². The van der Waals surface area contributed by atoms with Gasteiger partial charge in [-0.25, -0.2) is 0 Å². The number of guanidine groups is 1. The van der Waals surface area contributed by atoms with Crippen molar-refractivity contribution in [2.45, 2.75) is 33.5 Å². The SMILES string of the molecule is CCN(CC)CCOc1ccccc1CNC(=NC)NCc1ccccc1Cn1cccn1. The van der Waals surface area contributed by atoms with Gasteiger partial charge in [-0.05, 0) is 36.3 Å². The Labute approximate surface area is 197 Å². The lowest BCUT2D eigenvalue weighted by Crippen LogP contribution is -2.36. The van der Waals surface area contributed by atoms with E-state index in [9.17, 15) is 0 Å². The van der Waals surface area contributed by atoms with Crippen LogP contribution >= 0.6 is 0 Å². The molecule has 0 spiro atoms. The lowest BCUT2D eigenvalue weighted by molar-refractivity contribution is 0.221. The van der Waals surface area contributed by atoms with Gasteiger partial charge in [0.15, 0.2) is 5.96 Å². The second kappa shape index (κ2) is 13.3. The summed E-state index contributed by atoms with van der Waals surface area (Å²) in [6.07, 6.45) is 3.78. The van der Waals surface area contributed by atoms with Crippen molar-refractivity contribution >= 4 is 5.96 Å². The van der Waals surface area contributed by atoms with Crippen LogP contribution < -0.4 is 15.4 Å². The van der Waals surface area contributed by atoms with Crippen molar-refractivity contribution in [3.8, 4) is 5.75 Å². The molecular weight excluding hydrogens is 412 g/mol. The van der Waals surface area contributed by atoms with Crippen molar-refractivity contribution in [2.24, 2.45) is 4.99 Å². The Hall–Kier alpha value is -3.32. The molecule has 33 heavy (non-hydrogen) atoms. The summed E-state index contributed by atoms with van der Waals surface area (Å²) >= 11 is 0. The molecule has 1 heterocycles. The summed E-state index contributed by atoms with van der Waals surface area (Å²) in [6, 6.07) is 18.5. The zero-order valence-electron chi connectivity index (χ0n) is 20.0. The maximum absolute atomic E-state index is 6.08. The zero-order valence-corrected chi connectivity index (χ0v) is 20.0. The van der Waals surface area contributed by atoms with E-state index in [2.05, 4.69) is 69.8 Å². The Morgan fingerprint density at radius 2 is 1.61 bits per heavy atom. The number of hydrogen-bond donors (Lipinski definition) is 2. The number of benzene rings is 2. The fourth-order valence-corrected chi connectivity index (χ4v) is 3.65. The topological polar surface area (TPSA) is 66.7 Å². The van der Waals surface area contributed by atoms with Gasteiger partial charge in [-0.3, -0.25) is 9.67 Å². The fourth-order valence-electron chi connectivity index (χ4n) is 3.65. The summed E-state index contributed by atoms with van der Waals surface area (Å²) in [7, 11) is 1.79. The van der Waals surface area contributed by atoms with Gasteiger partial charge in [0.1, 0.15) is 12.4 Å². The van der Waals surface area contributed by atoms with Gasteiger partial charge in [-0.1, -0.05) is 56.3 Å². The molecule has 7 heteroatoms. The van der Waals surface area contributed by atoms with Crippen molar-refractivity contribution < 1.29 is 4.74 Å². The van der Waals surface area contributed by atoms with Crippen LogP contribution in [0.15, 0.2) is 72.0 Å². The third kappa shape index (κ3) is 7.64. The molecule has 3 aromatic rings. The van der Waals surface area contributed by atoms with Crippen molar-refractivity contribution in [2.75, 3.05) is 33.3 Å². The van der Waals surface area contributed by atoms with E-state index < -0.39 is 0 Å². The number of aliphatic imine (C=N–C) groups is 1. The molecule has 0 aliphatic rings. The van der Waals surface area contributed by atoms with Crippen LogP contribution in [0.25, 0.3) is 0 Å². The van der Waals surface area contributed by atoms with E-state index in [1.165, 1.54) is 11.1 Å². The predicted octanol–water partition coefficient (Wildman–Crippen LogP) is 3.52. The predicted molar refractivity (Wildman–Crippen MR) is 135 cm³/mol. The van der Waals surface area contributed by atoms with Crippen molar-refractivity contribution in [1.29, 1.82) is 0 Å². The van der Waals surface area contributed by atoms with Crippen LogP contribution in [0.3, 0.4) is 0 Å². The molecule has 0 bridgehead atoms. The van der Waals surface area contributed by atoms with Crippen LogP contribution in [-0.2, 0) is 19.6 Å². The van der Waals surface area contributed by atoms with Gasteiger partial charge in [-0.15, -0.1) is 0 Å². The molecule has 0 saturated heterocycles. The Balaban J connectivity index is 1.54. The van der Waals surface area contributed by atoms with Gasteiger partial charge in [0.2, 0.25) is 0 Å². The molecule has 0 atom stereocenters. The average molecular weight is 449 g/mol. The molecular formula is C26H36N6O. The van der Waals surface area contributed by atoms with Crippen molar-refractivity contribution in [3.63, 3.8) is 0 Å². The maximum Gasteiger partial charge on any atom is 0.191 e. The molecule has 0 amide bonds. The van der Waals surface area contributed by atoms with E-state index in [-0.39, 0.29) is 0 Å². The number of aromatic nitrogens is 2. The first kappa shape index (κ1) is 24.3. The number of ether oxygens (including phenoxy) is 1. The molecule has 0 aliphatic heterocycles. The summed E-state index contributed by atoms with van der Waals surface area (Å²) in [4.78, 5) is 6.75. The highest BCUT2D eigenvalue weighted by molar-refractivity contribution is 5.79. The molecule has 3 rings (SSSR count). The van der Waals surface area contributed by atoms with Crippen molar-refractivity contribution in [1.82, 2.24) is 25.3 Å². The van der Waals surface area contributed by atoms with Crippen molar-refractivity contribution in [3.05, 3.63) is 83.7 Å². The minimum Gasteiger partial charge on any atom is -0.492 e. The molecule has 0 aliphatic carbocycles. The lowest BCUT2D eigenvalue weighted by Gasteiger charge is -2.19. The number of nitrogens with one attached hydrogen (secondary N) is 2. The number of rotatable bonds is 12. The largest absolute Gasteiger partial charge is 0.492 e.